The van der Waals surface area contributed by atoms with Crippen LogP contribution in [0.5, 0.6) is 0 Å². The number of primary amides is 1. The summed E-state index contributed by atoms with van der Waals surface area (Å²) >= 11 is 0. The second kappa shape index (κ2) is 4.81. The Morgan fingerprint density at radius 1 is 1.36 bits per heavy atom. The van der Waals surface area contributed by atoms with Gasteiger partial charge in [-0.15, -0.1) is 0 Å². The van der Waals surface area contributed by atoms with Crippen LogP contribution in [-0.2, 0) is 15.0 Å². The first kappa shape index (κ1) is 15.0. The van der Waals surface area contributed by atoms with Crippen LogP contribution in [0.3, 0.4) is 0 Å². The molecule has 0 aromatic heterocycles. The van der Waals surface area contributed by atoms with E-state index in [1.165, 1.54) is 0 Å². The van der Waals surface area contributed by atoms with Crippen LogP contribution < -0.4 is 16.4 Å². The van der Waals surface area contributed by atoms with Crippen LogP contribution in [0, 0.1) is 5.41 Å². The first-order valence-electron chi connectivity index (χ1n) is 7.70. The first-order valence-corrected chi connectivity index (χ1v) is 7.70. The summed E-state index contributed by atoms with van der Waals surface area (Å²) in [6, 6.07) is 7.16. The van der Waals surface area contributed by atoms with E-state index in [0.717, 1.165) is 17.7 Å². The minimum absolute atomic E-state index is 0.0285. The van der Waals surface area contributed by atoms with Gasteiger partial charge in [-0.3, -0.25) is 9.59 Å². The summed E-state index contributed by atoms with van der Waals surface area (Å²) in [5.74, 6) is -0.424. The monoisotopic (exact) mass is 301 g/mol. The molecule has 1 aromatic carbocycles. The summed E-state index contributed by atoms with van der Waals surface area (Å²) in [7, 11) is 0. The van der Waals surface area contributed by atoms with Gasteiger partial charge in [0.15, 0.2) is 0 Å². The number of hydrogen-bond acceptors (Lipinski definition) is 3. The van der Waals surface area contributed by atoms with Gasteiger partial charge in [0.1, 0.15) is 0 Å². The zero-order valence-corrected chi connectivity index (χ0v) is 13.3. The van der Waals surface area contributed by atoms with Gasteiger partial charge < -0.3 is 16.4 Å². The van der Waals surface area contributed by atoms with E-state index >= 15 is 0 Å². The van der Waals surface area contributed by atoms with Crippen LogP contribution >= 0.6 is 0 Å². The second-order valence-corrected chi connectivity index (χ2v) is 7.61. The predicted octanol–water partition coefficient (Wildman–Crippen LogP) is 1.53. The van der Waals surface area contributed by atoms with Gasteiger partial charge in [0.2, 0.25) is 11.8 Å². The van der Waals surface area contributed by atoms with E-state index in [1.807, 2.05) is 24.3 Å². The molecule has 2 heterocycles. The summed E-state index contributed by atoms with van der Waals surface area (Å²) in [5.41, 5.74) is 6.66. The van der Waals surface area contributed by atoms with Gasteiger partial charge in [-0.25, -0.2) is 0 Å². The summed E-state index contributed by atoms with van der Waals surface area (Å²) in [6.07, 6.45) is 1.21. The average Bonchev–Trinajstić information content (AvgIpc) is 2.90. The Hall–Kier alpha value is -1.88. The Morgan fingerprint density at radius 3 is 2.68 bits per heavy atom. The molecular weight excluding hydrogens is 278 g/mol. The Morgan fingerprint density at radius 2 is 2.05 bits per heavy atom. The lowest BCUT2D eigenvalue weighted by Crippen LogP contribution is -2.48. The molecular formula is C17H23N3O2. The molecule has 3 unspecified atom stereocenters. The molecule has 0 radical (unpaired) electrons. The third-order valence-electron chi connectivity index (χ3n) is 4.74. The SMILES string of the molecule is CC(C)(C)CC1NC(C(N)=O)CC12C(=O)Nc1ccccc12. The van der Waals surface area contributed by atoms with Crippen LogP contribution in [0.4, 0.5) is 5.69 Å². The first-order chi connectivity index (χ1) is 10.2. The number of anilines is 1. The maximum atomic E-state index is 12.8. The van der Waals surface area contributed by atoms with E-state index in [0.29, 0.717) is 6.42 Å². The van der Waals surface area contributed by atoms with Crippen LogP contribution in [0.2, 0.25) is 0 Å². The molecule has 2 aliphatic rings. The molecule has 1 fully saturated rings. The number of benzene rings is 1. The van der Waals surface area contributed by atoms with Gasteiger partial charge in [0.25, 0.3) is 0 Å². The van der Waals surface area contributed by atoms with Gasteiger partial charge >= 0.3 is 0 Å². The summed E-state index contributed by atoms with van der Waals surface area (Å²) in [5, 5.41) is 6.29. The molecule has 0 bridgehead atoms. The third kappa shape index (κ3) is 2.20. The van der Waals surface area contributed by atoms with Crippen molar-refractivity contribution in [3.8, 4) is 0 Å². The van der Waals surface area contributed by atoms with E-state index < -0.39 is 17.4 Å². The number of carbonyl (C=O) groups is 2. The predicted molar refractivity (Wildman–Crippen MR) is 85.3 cm³/mol. The van der Waals surface area contributed by atoms with Crippen molar-refractivity contribution in [1.82, 2.24) is 5.32 Å². The molecule has 3 rings (SSSR count). The highest BCUT2D eigenvalue weighted by Gasteiger charge is 2.58. The molecule has 0 aliphatic carbocycles. The van der Waals surface area contributed by atoms with Crippen molar-refractivity contribution in [2.24, 2.45) is 11.1 Å². The molecule has 3 atom stereocenters. The fourth-order valence-electron chi connectivity index (χ4n) is 3.82. The molecule has 2 aliphatic heterocycles. The zero-order valence-electron chi connectivity index (χ0n) is 13.3. The van der Waals surface area contributed by atoms with Gasteiger partial charge in [-0.05, 0) is 29.9 Å². The molecule has 118 valence electrons. The van der Waals surface area contributed by atoms with Crippen molar-refractivity contribution in [3.63, 3.8) is 0 Å². The number of hydrogen-bond donors (Lipinski definition) is 3. The van der Waals surface area contributed by atoms with Crippen molar-refractivity contribution in [2.75, 3.05) is 5.32 Å². The standard InChI is InChI=1S/C17H23N3O2/c1-16(2,3)9-13-17(8-12(19-13)14(18)21)10-6-4-5-7-11(10)20-15(17)22/h4-7,12-13,19H,8-9H2,1-3H3,(H2,18,21)(H,20,22). The lowest BCUT2D eigenvalue weighted by Gasteiger charge is -2.33. The quantitative estimate of drug-likeness (QED) is 0.774. The molecule has 1 aromatic rings. The van der Waals surface area contributed by atoms with E-state index in [2.05, 4.69) is 31.4 Å². The van der Waals surface area contributed by atoms with Gasteiger partial charge in [0.05, 0.1) is 11.5 Å². The maximum Gasteiger partial charge on any atom is 0.236 e. The molecule has 5 nitrogen and oxygen atoms in total. The Balaban J connectivity index is 2.08. The number of fused-ring (bicyclic) bond motifs is 2. The lowest BCUT2D eigenvalue weighted by molar-refractivity contribution is -0.121. The summed E-state index contributed by atoms with van der Waals surface area (Å²) in [4.78, 5) is 24.5. The van der Waals surface area contributed by atoms with Gasteiger partial charge in [-0.1, -0.05) is 39.0 Å². The van der Waals surface area contributed by atoms with Gasteiger partial charge in [0, 0.05) is 11.7 Å². The molecule has 22 heavy (non-hydrogen) atoms. The largest absolute Gasteiger partial charge is 0.368 e. The van der Waals surface area contributed by atoms with Crippen molar-refractivity contribution in [2.45, 2.75) is 51.1 Å². The lowest BCUT2D eigenvalue weighted by atomic mass is 9.70. The fourth-order valence-corrected chi connectivity index (χ4v) is 3.82. The highest BCUT2D eigenvalue weighted by atomic mass is 16.2. The van der Waals surface area contributed by atoms with Crippen molar-refractivity contribution in [3.05, 3.63) is 29.8 Å². The number of para-hydroxylation sites is 1. The van der Waals surface area contributed by atoms with E-state index in [9.17, 15) is 9.59 Å². The molecule has 1 saturated heterocycles. The fraction of sp³-hybridized carbons (Fsp3) is 0.529. The summed E-state index contributed by atoms with van der Waals surface area (Å²) < 4.78 is 0. The number of rotatable bonds is 2. The van der Waals surface area contributed by atoms with E-state index in [1.54, 1.807) is 0 Å². The smallest absolute Gasteiger partial charge is 0.236 e. The van der Waals surface area contributed by atoms with Crippen molar-refractivity contribution >= 4 is 17.5 Å². The minimum atomic E-state index is -0.705. The van der Waals surface area contributed by atoms with E-state index in [-0.39, 0.29) is 17.4 Å². The van der Waals surface area contributed by atoms with Crippen LogP contribution in [0.25, 0.3) is 0 Å². The number of amides is 2. The Labute approximate surface area is 130 Å². The Kier molecular flexibility index (Phi) is 3.29. The van der Waals surface area contributed by atoms with Crippen molar-refractivity contribution < 1.29 is 9.59 Å². The van der Waals surface area contributed by atoms with E-state index in [4.69, 9.17) is 5.73 Å². The van der Waals surface area contributed by atoms with Crippen LogP contribution in [0.1, 0.15) is 39.2 Å². The average molecular weight is 301 g/mol. The van der Waals surface area contributed by atoms with Gasteiger partial charge in [-0.2, -0.15) is 0 Å². The van der Waals surface area contributed by atoms with Crippen molar-refractivity contribution in [1.29, 1.82) is 0 Å². The molecule has 2 amide bonds. The second-order valence-electron chi connectivity index (χ2n) is 7.61. The highest BCUT2D eigenvalue weighted by Crippen LogP contribution is 2.49. The topological polar surface area (TPSA) is 84.2 Å². The number of nitrogens with one attached hydrogen (secondary N) is 2. The molecule has 4 N–H and O–H groups in total. The van der Waals surface area contributed by atoms with Crippen LogP contribution in [-0.4, -0.2) is 23.9 Å². The number of nitrogens with two attached hydrogens (primary N) is 1. The molecule has 0 saturated carbocycles. The minimum Gasteiger partial charge on any atom is -0.368 e. The third-order valence-corrected chi connectivity index (χ3v) is 4.74. The zero-order chi connectivity index (χ0) is 16.1. The number of carbonyl (C=O) groups excluding carboxylic acids is 2. The van der Waals surface area contributed by atoms with Crippen LogP contribution in [0.15, 0.2) is 24.3 Å². The maximum absolute atomic E-state index is 12.8. The highest BCUT2D eigenvalue weighted by molar-refractivity contribution is 6.07. The Bertz CT molecular complexity index is 635. The normalized spacial score (nSPS) is 30.4. The molecule has 1 spiro atoms. The molecule has 5 heteroatoms. The summed E-state index contributed by atoms with van der Waals surface area (Å²) in [6.45, 7) is 6.41.